The molecule has 2 aromatic rings. The Labute approximate surface area is 197 Å². The molecule has 1 amide bonds. The number of amides is 1. The largest absolute Gasteiger partial charge is 0.497 e. The smallest absolute Gasteiger partial charge is 0.226 e. The molecule has 176 valence electrons. The summed E-state index contributed by atoms with van der Waals surface area (Å²) in [4.78, 5) is 16.9. The molecule has 0 heterocycles. The van der Waals surface area contributed by atoms with Gasteiger partial charge in [-0.3, -0.25) is 4.79 Å². The minimum absolute atomic E-state index is 0.101. The molecule has 0 aromatic heterocycles. The number of benzene rings is 2. The van der Waals surface area contributed by atoms with E-state index in [4.69, 9.17) is 14.2 Å². The van der Waals surface area contributed by atoms with Crippen molar-refractivity contribution < 1.29 is 19.0 Å². The normalized spacial score (nSPS) is 14.0. The van der Waals surface area contributed by atoms with E-state index in [0.717, 1.165) is 57.2 Å². The van der Waals surface area contributed by atoms with E-state index in [-0.39, 0.29) is 5.91 Å². The van der Waals surface area contributed by atoms with Crippen LogP contribution < -0.4 is 14.2 Å². The van der Waals surface area contributed by atoms with Gasteiger partial charge in [0.25, 0.3) is 0 Å². The molecule has 6 heteroatoms. The van der Waals surface area contributed by atoms with E-state index >= 15 is 0 Å². The number of allylic oxidation sites excluding steroid dienone is 2. The van der Waals surface area contributed by atoms with Crippen molar-refractivity contribution in [3.8, 4) is 17.2 Å². The van der Waals surface area contributed by atoms with Gasteiger partial charge in [-0.15, -0.1) is 0 Å². The van der Waals surface area contributed by atoms with Gasteiger partial charge in [0.1, 0.15) is 17.2 Å². The molecule has 1 aliphatic carbocycles. The molecule has 0 bridgehead atoms. The molecule has 6 nitrogen and oxygen atoms in total. The molecule has 0 spiro atoms. The summed E-state index contributed by atoms with van der Waals surface area (Å²) in [6, 6.07) is 11.8. The maximum Gasteiger partial charge on any atom is 0.226 e. The van der Waals surface area contributed by atoms with Gasteiger partial charge in [-0.05, 0) is 84.8 Å². The molecular weight excluding hydrogens is 416 g/mol. The van der Waals surface area contributed by atoms with Crippen molar-refractivity contribution in [2.45, 2.75) is 13.3 Å². The molecule has 1 aliphatic rings. The van der Waals surface area contributed by atoms with Gasteiger partial charge in [0, 0.05) is 26.2 Å². The number of rotatable bonds is 9. The fraction of sp³-hybridized carbons (Fsp3) is 0.370. The van der Waals surface area contributed by atoms with Crippen LogP contribution in [0.4, 0.5) is 0 Å². The van der Waals surface area contributed by atoms with E-state index < -0.39 is 0 Å². The highest BCUT2D eigenvalue weighted by Crippen LogP contribution is 2.45. The third-order valence-electron chi connectivity index (χ3n) is 6.02. The summed E-state index contributed by atoms with van der Waals surface area (Å²) < 4.78 is 16.4. The molecule has 33 heavy (non-hydrogen) atoms. The molecule has 0 fully saturated rings. The predicted molar refractivity (Wildman–Crippen MR) is 134 cm³/mol. The molecule has 0 N–H and O–H groups in total. The number of fused-ring (bicyclic) bond motifs is 1. The van der Waals surface area contributed by atoms with E-state index in [9.17, 15) is 4.79 Å². The SMILES string of the molecule is COc1cc(/C=C2/C(C)=C(CC(=O)N(C)CCN(C)C)c3cc(OC)ccc32)cc(OC)c1. The fourth-order valence-electron chi connectivity index (χ4n) is 3.96. The van der Waals surface area contributed by atoms with Gasteiger partial charge >= 0.3 is 0 Å². The highest BCUT2D eigenvalue weighted by molar-refractivity contribution is 6.08. The van der Waals surface area contributed by atoms with Crippen LogP contribution >= 0.6 is 0 Å². The van der Waals surface area contributed by atoms with Crippen LogP contribution in [0.1, 0.15) is 30.0 Å². The van der Waals surface area contributed by atoms with Gasteiger partial charge in [0.15, 0.2) is 0 Å². The number of methoxy groups -OCH3 is 3. The maximum absolute atomic E-state index is 13.0. The first-order chi connectivity index (χ1) is 15.8. The fourth-order valence-corrected chi connectivity index (χ4v) is 3.96. The quantitative estimate of drug-likeness (QED) is 0.565. The standard InChI is InChI=1S/C27H34N2O4/c1-18-24(14-19-12-21(32-6)15-22(13-19)33-7)23-9-8-20(31-5)16-26(23)25(18)17-27(30)29(4)11-10-28(2)3/h8-9,12-16H,10-11,17H2,1-7H3/b24-14-. The minimum Gasteiger partial charge on any atom is -0.497 e. The van der Waals surface area contributed by atoms with Crippen LogP contribution in [0.2, 0.25) is 0 Å². The number of likely N-dealkylation sites (N-methyl/N-ethyl adjacent to an activating group) is 2. The summed E-state index contributed by atoms with van der Waals surface area (Å²) in [5.41, 5.74) is 6.32. The maximum atomic E-state index is 13.0. The van der Waals surface area contributed by atoms with Gasteiger partial charge < -0.3 is 24.0 Å². The monoisotopic (exact) mass is 450 g/mol. The van der Waals surface area contributed by atoms with Crippen LogP contribution in [0.5, 0.6) is 17.2 Å². The second-order valence-electron chi connectivity index (χ2n) is 8.51. The van der Waals surface area contributed by atoms with E-state index in [1.165, 1.54) is 0 Å². The Balaban J connectivity index is 2.03. The Morgan fingerprint density at radius 3 is 2.06 bits per heavy atom. The topological polar surface area (TPSA) is 51.2 Å². The molecule has 0 saturated carbocycles. The zero-order valence-electron chi connectivity index (χ0n) is 20.7. The van der Waals surface area contributed by atoms with Gasteiger partial charge in [-0.25, -0.2) is 0 Å². The van der Waals surface area contributed by atoms with E-state index in [1.54, 1.807) is 26.2 Å². The minimum atomic E-state index is 0.101. The van der Waals surface area contributed by atoms with Crippen molar-refractivity contribution in [1.82, 2.24) is 9.80 Å². The van der Waals surface area contributed by atoms with Crippen LogP contribution in [0.25, 0.3) is 17.2 Å². The predicted octanol–water partition coefficient (Wildman–Crippen LogP) is 4.45. The summed E-state index contributed by atoms with van der Waals surface area (Å²) in [6.45, 7) is 3.60. The van der Waals surface area contributed by atoms with Crippen molar-refractivity contribution >= 4 is 23.1 Å². The molecule has 0 saturated heterocycles. The van der Waals surface area contributed by atoms with Crippen LogP contribution in [-0.4, -0.2) is 71.3 Å². The zero-order chi connectivity index (χ0) is 24.1. The average Bonchev–Trinajstić information content (AvgIpc) is 3.07. The highest BCUT2D eigenvalue weighted by atomic mass is 16.5. The van der Waals surface area contributed by atoms with Crippen molar-refractivity contribution in [1.29, 1.82) is 0 Å². The van der Waals surface area contributed by atoms with Crippen molar-refractivity contribution in [3.05, 3.63) is 58.7 Å². The molecule has 3 rings (SSSR count). The molecule has 2 aromatic carbocycles. The Morgan fingerprint density at radius 1 is 0.848 bits per heavy atom. The summed E-state index contributed by atoms with van der Waals surface area (Å²) in [7, 11) is 10.8. The Bertz CT molecular complexity index is 1060. The zero-order valence-corrected chi connectivity index (χ0v) is 20.7. The van der Waals surface area contributed by atoms with Gasteiger partial charge in [-0.1, -0.05) is 6.07 Å². The summed E-state index contributed by atoms with van der Waals surface area (Å²) in [5, 5.41) is 0. The lowest BCUT2D eigenvalue weighted by atomic mass is 10.00. The van der Waals surface area contributed by atoms with Gasteiger partial charge in [0.2, 0.25) is 5.91 Å². The van der Waals surface area contributed by atoms with Crippen molar-refractivity contribution in [2.75, 3.05) is 55.6 Å². The molecule has 0 aliphatic heterocycles. The lowest BCUT2D eigenvalue weighted by Crippen LogP contribution is -2.33. The number of carbonyl (C=O) groups is 1. The highest BCUT2D eigenvalue weighted by Gasteiger charge is 2.27. The van der Waals surface area contributed by atoms with Crippen LogP contribution in [0.15, 0.2) is 42.0 Å². The third kappa shape index (κ3) is 5.57. The number of nitrogens with zero attached hydrogens (tertiary/aromatic N) is 2. The summed E-state index contributed by atoms with van der Waals surface area (Å²) >= 11 is 0. The Hall–Kier alpha value is -3.25. The molecule has 0 atom stereocenters. The molecule has 0 unspecified atom stereocenters. The lowest BCUT2D eigenvalue weighted by molar-refractivity contribution is -0.128. The van der Waals surface area contributed by atoms with E-state index in [0.29, 0.717) is 13.0 Å². The number of carbonyl (C=O) groups excluding carboxylic acids is 1. The average molecular weight is 451 g/mol. The van der Waals surface area contributed by atoms with Crippen LogP contribution in [0.3, 0.4) is 0 Å². The number of hydrogen-bond acceptors (Lipinski definition) is 5. The first kappa shape index (κ1) is 24.4. The summed E-state index contributed by atoms with van der Waals surface area (Å²) in [5.74, 6) is 2.34. The van der Waals surface area contributed by atoms with Crippen LogP contribution in [0, 0.1) is 0 Å². The second kappa shape index (κ2) is 10.6. The third-order valence-corrected chi connectivity index (χ3v) is 6.02. The van der Waals surface area contributed by atoms with Crippen LogP contribution in [-0.2, 0) is 4.79 Å². The second-order valence-corrected chi connectivity index (χ2v) is 8.51. The first-order valence-corrected chi connectivity index (χ1v) is 11.0. The lowest BCUT2D eigenvalue weighted by Gasteiger charge is -2.20. The molecule has 0 radical (unpaired) electrons. The van der Waals surface area contributed by atoms with Crippen molar-refractivity contribution in [2.24, 2.45) is 0 Å². The first-order valence-electron chi connectivity index (χ1n) is 11.0. The Morgan fingerprint density at radius 2 is 1.48 bits per heavy atom. The van der Waals surface area contributed by atoms with Crippen molar-refractivity contribution in [3.63, 3.8) is 0 Å². The van der Waals surface area contributed by atoms with E-state index in [2.05, 4.69) is 24.0 Å². The molecular formula is C27H34N2O4. The van der Waals surface area contributed by atoms with E-state index in [1.807, 2.05) is 51.5 Å². The number of hydrogen-bond donors (Lipinski definition) is 0. The van der Waals surface area contributed by atoms with Gasteiger partial charge in [-0.2, -0.15) is 0 Å². The summed E-state index contributed by atoms with van der Waals surface area (Å²) in [6.07, 6.45) is 2.47. The number of ether oxygens (including phenoxy) is 3. The van der Waals surface area contributed by atoms with Gasteiger partial charge in [0.05, 0.1) is 27.8 Å². The Kier molecular flexibility index (Phi) is 7.82.